The Morgan fingerprint density at radius 3 is 1.93 bits per heavy atom. The van der Waals surface area contributed by atoms with Crippen LogP contribution in [0.1, 0.15) is 34.6 Å². The average molecular weight is 195 g/mol. The molecular formula is C12H21NO. The van der Waals surface area contributed by atoms with Crippen LogP contribution in [0.25, 0.3) is 0 Å². The van der Waals surface area contributed by atoms with E-state index in [1.54, 1.807) is 7.11 Å². The molecule has 0 aromatic heterocycles. The van der Waals surface area contributed by atoms with Gasteiger partial charge in [0.1, 0.15) is 0 Å². The molecule has 0 saturated heterocycles. The van der Waals surface area contributed by atoms with Crippen LogP contribution in [0.5, 0.6) is 0 Å². The van der Waals surface area contributed by atoms with Gasteiger partial charge in [0.15, 0.2) is 0 Å². The molecule has 0 aromatic rings. The highest BCUT2D eigenvalue weighted by Crippen LogP contribution is 2.23. The molecule has 0 saturated carbocycles. The average Bonchev–Trinajstić information content (AvgIpc) is 2.00. The van der Waals surface area contributed by atoms with Crippen molar-refractivity contribution in [2.75, 3.05) is 7.11 Å². The Hall–Kier alpha value is -1.05. The van der Waals surface area contributed by atoms with E-state index in [-0.39, 0.29) is 0 Å². The lowest BCUT2D eigenvalue weighted by Gasteiger charge is -2.14. The molecule has 0 fully saturated rings. The van der Waals surface area contributed by atoms with Crippen molar-refractivity contribution < 1.29 is 4.74 Å². The van der Waals surface area contributed by atoms with E-state index in [9.17, 15) is 0 Å². The lowest BCUT2D eigenvalue weighted by atomic mass is 9.98. The molecule has 0 aromatic carbocycles. The molecule has 0 spiro atoms. The zero-order valence-corrected chi connectivity index (χ0v) is 10.1. The summed E-state index contributed by atoms with van der Waals surface area (Å²) >= 11 is 0. The van der Waals surface area contributed by atoms with Crippen molar-refractivity contribution in [3.05, 3.63) is 23.6 Å². The first kappa shape index (κ1) is 12.9. The minimum atomic E-state index is 0.380. The van der Waals surface area contributed by atoms with Gasteiger partial charge >= 0.3 is 0 Å². The number of hydrogen-bond acceptors (Lipinski definition) is 2. The standard InChI is InChI=1S/C12H21NO/c1-8(2)11(9(3)4)12(14-7)13-10(5)6/h9H,1H2,2-7H3/b12-11-. The highest BCUT2D eigenvalue weighted by atomic mass is 16.5. The summed E-state index contributed by atoms with van der Waals surface area (Å²) in [6.07, 6.45) is 0. The molecule has 14 heavy (non-hydrogen) atoms. The maximum atomic E-state index is 5.28. The van der Waals surface area contributed by atoms with Crippen molar-refractivity contribution in [3.8, 4) is 0 Å². The summed E-state index contributed by atoms with van der Waals surface area (Å²) in [5.74, 6) is 1.07. The van der Waals surface area contributed by atoms with Crippen molar-refractivity contribution in [2.45, 2.75) is 34.6 Å². The van der Waals surface area contributed by atoms with Gasteiger partial charge in [-0.2, -0.15) is 0 Å². The Morgan fingerprint density at radius 1 is 1.21 bits per heavy atom. The second kappa shape index (κ2) is 5.63. The number of aliphatic imine (C=N–C) groups is 1. The van der Waals surface area contributed by atoms with Crippen LogP contribution in [-0.2, 0) is 4.74 Å². The molecule has 0 N–H and O–H groups in total. The van der Waals surface area contributed by atoms with Crippen LogP contribution in [-0.4, -0.2) is 12.8 Å². The van der Waals surface area contributed by atoms with Gasteiger partial charge in [0, 0.05) is 11.3 Å². The van der Waals surface area contributed by atoms with E-state index in [4.69, 9.17) is 4.74 Å². The topological polar surface area (TPSA) is 21.6 Å². The lowest BCUT2D eigenvalue weighted by Crippen LogP contribution is -2.02. The van der Waals surface area contributed by atoms with Crippen LogP contribution in [0.4, 0.5) is 0 Å². The Labute approximate surface area is 87.4 Å². The highest BCUT2D eigenvalue weighted by molar-refractivity contribution is 5.80. The smallest absolute Gasteiger partial charge is 0.216 e. The zero-order chi connectivity index (χ0) is 11.3. The molecule has 0 radical (unpaired) electrons. The van der Waals surface area contributed by atoms with Crippen LogP contribution in [0.2, 0.25) is 0 Å². The largest absolute Gasteiger partial charge is 0.481 e. The summed E-state index contributed by atoms with van der Waals surface area (Å²) in [6, 6.07) is 0. The van der Waals surface area contributed by atoms with Crippen molar-refractivity contribution in [2.24, 2.45) is 10.9 Å². The molecule has 0 aliphatic rings. The minimum absolute atomic E-state index is 0.380. The van der Waals surface area contributed by atoms with Crippen LogP contribution >= 0.6 is 0 Å². The van der Waals surface area contributed by atoms with Gasteiger partial charge in [-0.05, 0) is 32.3 Å². The number of nitrogens with zero attached hydrogens (tertiary/aromatic N) is 1. The third-order valence-corrected chi connectivity index (χ3v) is 1.79. The first-order valence-electron chi connectivity index (χ1n) is 4.86. The monoisotopic (exact) mass is 195 g/mol. The maximum absolute atomic E-state index is 5.28. The number of hydrogen-bond donors (Lipinski definition) is 0. The van der Waals surface area contributed by atoms with E-state index in [0.29, 0.717) is 11.8 Å². The molecule has 0 heterocycles. The maximum Gasteiger partial charge on any atom is 0.216 e. The fourth-order valence-electron chi connectivity index (χ4n) is 1.34. The van der Waals surface area contributed by atoms with E-state index < -0.39 is 0 Å². The normalized spacial score (nSPS) is 12.2. The fraction of sp³-hybridized carbons (Fsp3) is 0.583. The van der Waals surface area contributed by atoms with Crippen LogP contribution in [0.15, 0.2) is 28.6 Å². The lowest BCUT2D eigenvalue weighted by molar-refractivity contribution is 0.280. The molecule has 2 nitrogen and oxygen atoms in total. The summed E-state index contributed by atoms with van der Waals surface area (Å²) in [5, 5.41) is 0. The molecule has 0 amide bonds. The SMILES string of the molecule is C=C(C)/C(=C(\N=C(C)C)OC)C(C)C. The molecule has 0 rings (SSSR count). The van der Waals surface area contributed by atoms with E-state index in [1.165, 1.54) is 0 Å². The molecule has 2 heteroatoms. The van der Waals surface area contributed by atoms with Crippen molar-refractivity contribution >= 4 is 5.71 Å². The quantitative estimate of drug-likeness (QED) is 0.382. The summed E-state index contributed by atoms with van der Waals surface area (Å²) < 4.78 is 5.28. The van der Waals surface area contributed by atoms with Crippen molar-refractivity contribution in [1.29, 1.82) is 0 Å². The Bertz CT molecular complexity index is 268. The van der Waals surface area contributed by atoms with E-state index in [0.717, 1.165) is 16.9 Å². The van der Waals surface area contributed by atoms with Gasteiger partial charge in [0.25, 0.3) is 0 Å². The van der Waals surface area contributed by atoms with Gasteiger partial charge in [0.2, 0.25) is 5.88 Å². The van der Waals surface area contributed by atoms with Crippen molar-refractivity contribution in [3.63, 3.8) is 0 Å². The molecule has 0 aliphatic heterocycles. The number of ether oxygens (including phenoxy) is 1. The Morgan fingerprint density at radius 2 is 1.71 bits per heavy atom. The second-order valence-corrected chi connectivity index (χ2v) is 3.92. The summed E-state index contributed by atoms with van der Waals surface area (Å²) in [4.78, 5) is 4.35. The van der Waals surface area contributed by atoms with Crippen LogP contribution < -0.4 is 0 Å². The van der Waals surface area contributed by atoms with Gasteiger partial charge in [-0.25, -0.2) is 4.99 Å². The van der Waals surface area contributed by atoms with Gasteiger partial charge in [-0.3, -0.25) is 0 Å². The summed E-state index contributed by atoms with van der Waals surface area (Å²) in [6.45, 7) is 14.1. The molecule has 0 bridgehead atoms. The Kier molecular flexibility index (Phi) is 5.21. The summed E-state index contributed by atoms with van der Waals surface area (Å²) in [7, 11) is 1.65. The van der Waals surface area contributed by atoms with Crippen LogP contribution in [0.3, 0.4) is 0 Å². The predicted molar refractivity (Wildman–Crippen MR) is 62.5 cm³/mol. The van der Waals surface area contributed by atoms with Gasteiger partial charge < -0.3 is 4.74 Å². The molecule has 0 atom stereocenters. The summed E-state index contributed by atoms with van der Waals surface area (Å²) in [5.41, 5.74) is 3.09. The van der Waals surface area contributed by atoms with E-state index >= 15 is 0 Å². The number of rotatable bonds is 4. The predicted octanol–water partition coefficient (Wildman–Crippen LogP) is 3.56. The van der Waals surface area contributed by atoms with E-state index in [1.807, 2.05) is 20.8 Å². The van der Waals surface area contributed by atoms with Crippen LogP contribution in [0, 0.1) is 5.92 Å². The molecule has 80 valence electrons. The number of allylic oxidation sites excluding steroid dienone is 2. The highest BCUT2D eigenvalue weighted by Gasteiger charge is 2.11. The third-order valence-electron chi connectivity index (χ3n) is 1.79. The fourth-order valence-corrected chi connectivity index (χ4v) is 1.34. The molecule has 0 aliphatic carbocycles. The van der Waals surface area contributed by atoms with E-state index in [2.05, 4.69) is 25.4 Å². The number of methoxy groups -OCH3 is 1. The van der Waals surface area contributed by atoms with Crippen molar-refractivity contribution in [1.82, 2.24) is 0 Å². The Balaban J connectivity index is 5.31. The second-order valence-electron chi connectivity index (χ2n) is 3.92. The zero-order valence-electron chi connectivity index (χ0n) is 10.1. The molecular weight excluding hydrogens is 174 g/mol. The van der Waals surface area contributed by atoms with Gasteiger partial charge in [-0.15, -0.1) is 0 Å². The first-order valence-corrected chi connectivity index (χ1v) is 4.86. The molecule has 0 unspecified atom stereocenters. The minimum Gasteiger partial charge on any atom is -0.481 e. The third kappa shape index (κ3) is 3.77. The van der Waals surface area contributed by atoms with Gasteiger partial charge in [-0.1, -0.05) is 20.4 Å². The van der Waals surface area contributed by atoms with Gasteiger partial charge in [0.05, 0.1) is 7.11 Å². The first-order chi connectivity index (χ1) is 6.40.